The molecule has 4 heteroatoms. The van der Waals surface area contributed by atoms with E-state index in [-0.39, 0.29) is 5.41 Å². The second-order valence-corrected chi connectivity index (χ2v) is 22.0. The number of rotatable bonds is 9. The number of nitrogens with zero attached hydrogens (tertiary/aromatic N) is 2. The van der Waals surface area contributed by atoms with Crippen LogP contribution in [0.5, 0.6) is 0 Å². The molecule has 0 fully saturated rings. The van der Waals surface area contributed by atoms with E-state index in [2.05, 4.69) is 285 Å². The van der Waals surface area contributed by atoms with Gasteiger partial charge in [0.25, 0.3) is 0 Å². The lowest BCUT2D eigenvalue weighted by atomic mass is 9.81. The molecule has 0 aliphatic heterocycles. The van der Waals surface area contributed by atoms with Gasteiger partial charge in [0.1, 0.15) is 11.2 Å². The van der Waals surface area contributed by atoms with Crippen molar-refractivity contribution in [3.8, 4) is 44.5 Å². The van der Waals surface area contributed by atoms with Gasteiger partial charge < -0.3 is 14.2 Å². The number of anilines is 6. The van der Waals surface area contributed by atoms with Gasteiger partial charge in [-0.2, -0.15) is 0 Å². The molecule has 0 saturated heterocycles. The van der Waals surface area contributed by atoms with E-state index >= 15 is 0 Å². The zero-order chi connectivity index (χ0) is 51.2. The molecule has 2 aromatic heterocycles. The first-order valence-corrected chi connectivity index (χ1v) is 27.3. The van der Waals surface area contributed by atoms with Crippen molar-refractivity contribution in [1.82, 2.24) is 0 Å². The minimum atomic E-state index is -0.223. The molecule has 0 N–H and O–H groups in total. The maximum atomic E-state index is 6.68. The van der Waals surface area contributed by atoms with Crippen molar-refractivity contribution < 1.29 is 4.42 Å². The van der Waals surface area contributed by atoms with E-state index in [4.69, 9.17) is 4.42 Å². The zero-order valence-corrected chi connectivity index (χ0v) is 43.4. The first-order chi connectivity index (χ1) is 37.9. The summed E-state index contributed by atoms with van der Waals surface area (Å²) in [6.07, 6.45) is 0. The molecule has 3 nitrogen and oxygen atoms in total. The molecule has 1 aliphatic carbocycles. The lowest BCUT2D eigenvalue weighted by Gasteiger charge is -2.31. The summed E-state index contributed by atoms with van der Waals surface area (Å²) in [5.41, 5.74) is 19.9. The summed E-state index contributed by atoms with van der Waals surface area (Å²) in [6, 6.07) is 98.0. The molecule has 0 spiro atoms. The van der Waals surface area contributed by atoms with Gasteiger partial charge in [-0.3, -0.25) is 0 Å². The molecule has 0 radical (unpaired) electrons. The number of furan rings is 1. The summed E-state index contributed by atoms with van der Waals surface area (Å²) in [4.78, 5) is 4.88. The summed E-state index contributed by atoms with van der Waals surface area (Å²) in [5, 5.41) is 7.26. The maximum Gasteiger partial charge on any atom is 0.137 e. The van der Waals surface area contributed by atoms with Crippen LogP contribution in [0.15, 0.2) is 271 Å². The van der Waals surface area contributed by atoms with Crippen molar-refractivity contribution in [3.05, 3.63) is 278 Å². The van der Waals surface area contributed by atoms with Crippen molar-refractivity contribution in [3.63, 3.8) is 0 Å². The second kappa shape index (κ2) is 17.8. The molecule has 0 amide bonds. The molecule has 0 atom stereocenters. The molecule has 12 aromatic carbocycles. The van der Waals surface area contributed by atoms with E-state index in [1.165, 1.54) is 64.3 Å². The predicted octanol–water partition coefficient (Wildman–Crippen LogP) is 21.4. The Morgan fingerprint density at radius 3 is 1.58 bits per heavy atom. The van der Waals surface area contributed by atoms with Crippen LogP contribution in [0.1, 0.15) is 25.0 Å². The van der Waals surface area contributed by atoms with E-state index in [1.807, 2.05) is 17.4 Å². The maximum absolute atomic E-state index is 6.68. The van der Waals surface area contributed by atoms with Crippen LogP contribution in [-0.4, -0.2) is 0 Å². The fourth-order valence-electron chi connectivity index (χ4n) is 12.2. The standard InChI is InChI=1S/C73H50N2OS/c1-73(2)66-37-32-49-21-9-10-26-60(49)72(66)64-35-31-52(43-67(64)73)53-41-58(74(54-24-15-22-50(39-54)47-17-5-3-6-18-47)55-25-16-23-51(40-55)48-19-7-4-8-20-48)44-59(42-53)75(56-34-38-71-65(45-56)63-28-12-14-30-70(63)77-71)57-33-36-62-61-27-11-13-29-68(61)76-69(62)46-57/h3-46H,1-2H3. The minimum Gasteiger partial charge on any atom is -0.456 e. The smallest absolute Gasteiger partial charge is 0.137 e. The molecule has 0 saturated carbocycles. The highest BCUT2D eigenvalue weighted by Gasteiger charge is 2.37. The van der Waals surface area contributed by atoms with Crippen molar-refractivity contribution in [1.29, 1.82) is 0 Å². The largest absolute Gasteiger partial charge is 0.456 e. The van der Waals surface area contributed by atoms with Crippen LogP contribution < -0.4 is 9.80 Å². The van der Waals surface area contributed by atoms with E-state index < -0.39 is 0 Å². The average Bonchev–Trinajstić information content (AvgIpc) is 4.20. The summed E-state index contributed by atoms with van der Waals surface area (Å²) >= 11 is 1.84. The van der Waals surface area contributed by atoms with E-state index in [0.29, 0.717) is 0 Å². The molecule has 14 aromatic rings. The number of para-hydroxylation sites is 1. The Kier molecular flexibility index (Phi) is 10.4. The van der Waals surface area contributed by atoms with Crippen LogP contribution in [-0.2, 0) is 5.41 Å². The Hall–Kier alpha value is -9.48. The van der Waals surface area contributed by atoms with Gasteiger partial charge >= 0.3 is 0 Å². The van der Waals surface area contributed by atoms with Gasteiger partial charge in [0.2, 0.25) is 0 Å². The molecule has 0 unspecified atom stereocenters. The number of benzene rings is 12. The van der Waals surface area contributed by atoms with Crippen molar-refractivity contribution >= 4 is 98.3 Å². The summed E-state index contributed by atoms with van der Waals surface area (Å²) in [6.45, 7) is 4.78. The van der Waals surface area contributed by atoms with Crippen LogP contribution in [0.25, 0.3) is 97.4 Å². The molecular weight excluding hydrogens is 953 g/mol. The van der Waals surface area contributed by atoms with Gasteiger partial charge in [0.15, 0.2) is 0 Å². The summed E-state index contributed by atoms with van der Waals surface area (Å²) < 4.78 is 9.22. The number of hydrogen-bond donors (Lipinski definition) is 0. The SMILES string of the molecule is CC1(C)c2cc(-c3cc(N(c4cccc(-c5ccccc5)c4)c4cccc(-c5ccccc5)c4)cc(N(c4ccc5c(c4)oc4ccccc45)c4ccc5sc6ccccc6c5c4)c3)ccc2-c2c1ccc1ccccc21. The fourth-order valence-corrected chi connectivity index (χ4v) is 13.3. The van der Waals surface area contributed by atoms with Gasteiger partial charge in [-0.25, -0.2) is 0 Å². The van der Waals surface area contributed by atoms with E-state index in [1.54, 1.807) is 0 Å². The third kappa shape index (κ3) is 7.55. The van der Waals surface area contributed by atoms with Crippen LogP contribution in [0, 0.1) is 0 Å². The quantitative estimate of drug-likeness (QED) is 0.144. The molecule has 0 bridgehead atoms. The Morgan fingerprint density at radius 1 is 0.312 bits per heavy atom. The van der Waals surface area contributed by atoms with Crippen molar-refractivity contribution in [2.75, 3.05) is 9.80 Å². The zero-order valence-electron chi connectivity index (χ0n) is 42.6. The van der Waals surface area contributed by atoms with Crippen LogP contribution in [0.4, 0.5) is 34.1 Å². The van der Waals surface area contributed by atoms with E-state index in [0.717, 1.165) is 78.3 Å². The highest BCUT2D eigenvalue weighted by Crippen LogP contribution is 2.53. The lowest BCUT2D eigenvalue weighted by Crippen LogP contribution is -2.15. The molecule has 2 heterocycles. The Labute approximate surface area is 451 Å². The molecule has 77 heavy (non-hydrogen) atoms. The Morgan fingerprint density at radius 2 is 0.857 bits per heavy atom. The number of fused-ring (bicyclic) bond motifs is 11. The van der Waals surface area contributed by atoms with Crippen molar-refractivity contribution in [2.45, 2.75) is 19.3 Å². The number of hydrogen-bond acceptors (Lipinski definition) is 4. The first kappa shape index (κ1) is 45.0. The third-order valence-corrected chi connectivity index (χ3v) is 17.1. The summed E-state index contributed by atoms with van der Waals surface area (Å²) in [7, 11) is 0. The average molecular weight is 1000 g/mol. The number of thiophene rings is 1. The minimum absolute atomic E-state index is 0.223. The highest BCUT2D eigenvalue weighted by molar-refractivity contribution is 7.25. The van der Waals surface area contributed by atoms with Gasteiger partial charge in [-0.05, 0) is 157 Å². The molecular formula is C73H50N2OS. The molecule has 15 rings (SSSR count). The Balaban J connectivity index is 1.01. The van der Waals surface area contributed by atoms with Crippen LogP contribution >= 0.6 is 11.3 Å². The molecule has 1 aliphatic rings. The normalized spacial score (nSPS) is 12.6. The summed E-state index contributed by atoms with van der Waals surface area (Å²) in [5.74, 6) is 0. The lowest BCUT2D eigenvalue weighted by molar-refractivity contribution is 0.661. The second-order valence-electron chi connectivity index (χ2n) is 20.9. The highest BCUT2D eigenvalue weighted by atomic mass is 32.1. The van der Waals surface area contributed by atoms with Gasteiger partial charge in [0.05, 0.1) is 0 Å². The first-order valence-electron chi connectivity index (χ1n) is 26.5. The molecule has 364 valence electrons. The third-order valence-electron chi connectivity index (χ3n) is 16.0. The van der Waals surface area contributed by atoms with E-state index in [9.17, 15) is 0 Å². The fraction of sp³-hybridized carbons (Fsp3) is 0.0411. The monoisotopic (exact) mass is 1000 g/mol. The Bertz CT molecular complexity index is 4540. The van der Waals surface area contributed by atoms with Gasteiger partial charge in [-0.1, -0.05) is 184 Å². The van der Waals surface area contributed by atoms with Crippen molar-refractivity contribution in [2.24, 2.45) is 0 Å². The van der Waals surface area contributed by atoms with Gasteiger partial charge in [-0.15, -0.1) is 11.3 Å². The predicted molar refractivity (Wildman–Crippen MR) is 327 cm³/mol. The van der Waals surface area contributed by atoms with Crippen LogP contribution in [0.2, 0.25) is 0 Å². The van der Waals surface area contributed by atoms with Gasteiger partial charge in [0, 0.05) is 76.6 Å². The topological polar surface area (TPSA) is 19.6 Å². The van der Waals surface area contributed by atoms with Crippen LogP contribution in [0.3, 0.4) is 0 Å².